The van der Waals surface area contributed by atoms with Crippen LogP contribution in [0.3, 0.4) is 0 Å². The van der Waals surface area contributed by atoms with Crippen LogP contribution in [0.1, 0.15) is 18.5 Å². The molecule has 0 amide bonds. The lowest BCUT2D eigenvalue weighted by molar-refractivity contribution is 0.922. The van der Waals surface area contributed by atoms with Gasteiger partial charge >= 0.3 is 0 Å². The highest BCUT2D eigenvalue weighted by molar-refractivity contribution is 7.13. The standard InChI is InChI=1S/C14H19ClN6S/c1-16-11-12(15)18-9-19-13(11)17-5-4-10-8-22-14(20-10)21-6-2-3-7-21/h8-9,16H,2-7H2,1H3,(H,17,18,19). The Kier molecular flexibility index (Phi) is 4.94. The Hall–Kier alpha value is -1.60. The molecular weight excluding hydrogens is 320 g/mol. The molecule has 3 heterocycles. The molecule has 1 saturated heterocycles. The molecule has 1 fully saturated rings. The highest BCUT2D eigenvalue weighted by atomic mass is 35.5. The van der Waals surface area contributed by atoms with Gasteiger partial charge in [-0.15, -0.1) is 11.3 Å². The second-order valence-corrected chi connectivity index (χ2v) is 6.33. The zero-order valence-corrected chi connectivity index (χ0v) is 14.0. The molecule has 118 valence electrons. The van der Waals surface area contributed by atoms with Gasteiger partial charge in [-0.3, -0.25) is 0 Å². The van der Waals surface area contributed by atoms with E-state index in [1.54, 1.807) is 18.4 Å². The molecule has 2 N–H and O–H groups in total. The second-order valence-electron chi connectivity index (χ2n) is 5.13. The third-order valence-corrected chi connectivity index (χ3v) is 4.88. The molecule has 2 aromatic rings. The molecule has 1 aliphatic rings. The van der Waals surface area contributed by atoms with Gasteiger partial charge in [-0.05, 0) is 12.8 Å². The average molecular weight is 339 g/mol. The minimum absolute atomic E-state index is 0.421. The number of rotatable bonds is 6. The predicted molar refractivity (Wildman–Crippen MR) is 92.3 cm³/mol. The Bertz CT molecular complexity index is 626. The Balaban J connectivity index is 1.56. The van der Waals surface area contributed by atoms with Crippen LogP contribution in [0.4, 0.5) is 16.6 Å². The normalized spacial score (nSPS) is 14.4. The van der Waals surface area contributed by atoms with Gasteiger partial charge in [0.25, 0.3) is 0 Å². The van der Waals surface area contributed by atoms with E-state index < -0.39 is 0 Å². The summed E-state index contributed by atoms with van der Waals surface area (Å²) in [5.41, 5.74) is 1.84. The number of anilines is 3. The fraction of sp³-hybridized carbons (Fsp3) is 0.500. The number of thiazole rings is 1. The van der Waals surface area contributed by atoms with Gasteiger partial charge in [-0.25, -0.2) is 15.0 Å². The Labute approximate surface area is 138 Å². The molecule has 0 aromatic carbocycles. The first-order valence-corrected chi connectivity index (χ1v) is 8.65. The summed E-state index contributed by atoms with van der Waals surface area (Å²) in [6.07, 6.45) is 4.87. The number of halogens is 1. The van der Waals surface area contributed by atoms with Crippen LogP contribution >= 0.6 is 22.9 Å². The van der Waals surface area contributed by atoms with Gasteiger partial charge in [-0.2, -0.15) is 0 Å². The van der Waals surface area contributed by atoms with Crippen molar-refractivity contribution in [2.75, 3.05) is 42.2 Å². The minimum atomic E-state index is 0.421. The maximum atomic E-state index is 6.03. The second kappa shape index (κ2) is 7.11. The summed E-state index contributed by atoms with van der Waals surface area (Å²) in [5.74, 6) is 0.720. The van der Waals surface area contributed by atoms with Crippen molar-refractivity contribution < 1.29 is 0 Å². The number of nitrogens with zero attached hydrogens (tertiary/aromatic N) is 4. The molecule has 3 rings (SSSR count). The van der Waals surface area contributed by atoms with E-state index in [0.717, 1.165) is 48.4 Å². The van der Waals surface area contributed by atoms with Crippen molar-refractivity contribution in [1.82, 2.24) is 15.0 Å². The molecular formula is C14H19ClN6S. The largest absolute Gasteiger partial charge is 0.383 e. The monoisotopic (exact) mass is 338 g/mol. The fourth-order valence-electron chi connectivity index (χ4n) is 2.49. The molecule has 0 radical (unpaired) electrons. The lowest BCUT2D eigenvalue weighted by Gasteiger charge is -2.12. The number of aromatic nitrogens is 3. The molecule has 0 atom stereocenters. The van der Waals surface area contributed by atoms with Gasteiger partial charge in [0.05, 0.1) is 5.69 Å². The molecule has 6 nitrogen and oxygen atoms in total. The molecule has 22 heavy (non-hydrogen) atoms. The van der Waals surface area contributed by atoms with E-state index in [9.17, 15) is 0 Å². The van der Waals surface area contributed by atoms with Crippen LogP contribution < -0.4 is 15.5 Å². The molecule has 0 bridgehead atoms. The number of hydrogen-bond donors (Lipinski definition) is 2. The number of nitrogens with one attached hydrogen (secondary N) is 2. The van der Waals surface area contributed by atoms with Crippen molar-refractivity contribution in [3.8, 4) is 0 Å². The van der Waals surface area contributed by atoms with E-state index in [2.05, 4.69) is 30.9 Å². The van der Waals surface area contributed by atoms with Crippen LogP contribution in [-0.4, -0.2) is 41.6 Å². The van der Waals surface area contributed by atoms with Crippen molar-refractivity contribution in [2.45, 2.75) is 19.3 Å². The summed E-state index contributed by atoms with van der Waals surface area (Å²) < 4.78 is 0. The lowest BCUT2D eigenvalue weighted by atomic mass is 10.3. The van der Waals surface area contributed by atoms with Crippen LogP contribution in [0.2, 0.25) is 5.15 Å². The van der Waals surface area contributed by atoms with Gasteiger partial charge < -0.3 is 15.5 Å². The van der Waals surface area contributed by atoms with Gasteiger partial charge in [0.2, 0.25) is 0 Å². The molecule has 1 aliphatic heterocycles. The zero-order chi connectivity index (χ0) is 15.4. The predicted octanol–water partition coefficient (Wildman–Crippen LogP) is 2.88. The molecule has 0 aliphatic carbocycles. The van der Waals surface area contributed by atoms with Crippen LogP contribution in [0.25, 0.3) is 0 Å². The van der Waals surface area contributed by atoms with E-state index in [1.165, 1.54) is 19.2 Å². The molecule has 2 aromatic heterocycles. The third-order valence-electron chi connectivity index (χ3n) is 3.64. The molecule has 0 unspecified atom stereocenters. The Morgan fingerprint density at radius 3 is 2.91 bits per heavy atom. The highest BCUT2D eigenvalue weighted by Gasteiger charge is 2.15. The van der Waals surface area contributed by atoms with Crippen molar-refractivity contribution >= 4 is 39.6 Å². The first kappa shape index (κ1) is 15.3. The van der Waals surface area contributed by atoms with Crippen molar-refractivity contribution in [3.63, 3.8) is 0 Å². The Morgan fingerprint density at radius 1 is 1.32 bits per heavy atom. The summed E-state index contributed by atoms with van der Waals surface area (Å²) in [6.45, 7) is 3.03. The quantitative estimate of drug-likeness (QED) is 0.789. The summed E-state index contributed by atoms with van der Waals surface area (Å²) in [6, 6.07) is 0. The summed E-state index contributed by atoms with van der Waals surface area (Å²) in [5, 5.41) is 10.0. The maximum absolute atomic E-state index is 6.03. The maximum Gasteiger partial charge on any atom is 0.185 e. The highest BCUT2D eigenvalue weighted by Crippen LogP contribution is 2.26. The number of hydrogen-bond acceptors (Lipinski definition) is 7. The average Bonchev–Trinajstić information content (AvgIpc) is 3.18. The van der Waals surface area contributed by atoms with E-state index in [0.29, 0.717) is 5.15 Å². The smallest absolute Gasteiger partial charge is 0.185 e. The van der Waals surface area contributed by atoms with Crippen molar-refractivity contribution in [1.29, 1.82) is 0 Å². The van der Waals surface area contributed by atoms with E-state index in [4.69, 9.17) is 16.6 Å². The van der Waals surface area contributed by atoms with Gasteiger partial charge in [0.1, 0.15) is 12.0 Å². The van der Waals surface area contributed by atoms with Gasteiger partial charge in [-0.1, -0.05) is 11.6 Å². The van der Waals surface area contributed by atoms with Crippen LogP contribution in [-0.2, 0) is 6.42 Å². The van der Waals surface area contributed by atoms with E-state index >= 15 is 0 Å². The van der Waals surface area contributed by atoms with Crippen LogP contribution in [0.5, 0.6) is 0 Å². The Morgan fingerprint density at radius 2 is 2.14 bits per heavy atom. The van der Waals surface area contributed by atoms with Crippen molar-refractivity contribution in [3.05, 3.63) is 22.6 Å². The van der Waals surface area contributed by atoms with Crippen LogP contribution in [0, 0.1) is 0 Å². The zero-order valence-electron chi connectivity index (χ0n) is 12.5. The topological polar surface area (TPSA) is 66.0 Å². The molecule has 8 heteroatoms. The minimum Gasteiger partial charge on any atom is -0.383 e. The third kappa shape index (κ3) is 3.41. The van der Waals surface area contributed by atoms with Crippen molar-refractivity contribution in [2.24, 2.45) is 0 Å². The summed E-state index contributed by atoms with van der Waals surface area (Å²) in [4.78, 5) is 15.3. The molecule has 0 saturated carbocycles. The van der Waals surface area contributed by atoms with Gasteiger partial charge in [0.15, 0.2) is 16.1 Å². The van der Waals surface area contributed by atoms with E-state index in [-0.39, 0.29) is 0 Å². The first-order valence-electron chi connectivity index (χ1n) is 7.39. The van der Waals surface area contributed by atoms with Crippen LogP contribution in [0.15, 0.2) is 11.7 Å². The summed E-state index contributed by atoms with van der Waals surface area (Å²) >= 11 is 7.76. The molecule has 0 spiro atoms. The van der Waals surface area contributed by atoms with Gasteiger partial charge in [0, 0.05) is 38.5 Å². The summed E-state index contributed by atoms with van der Waals surface area (Å²) in [7, 11) is 1.80. The lowest BCUT2D eigenvalue weighted by Crippen LogP contribution is -2.17. The SMILES string of the molecule is CNc1c(Cl)ncnc1NCCc1csc(N2CCCC2)n1. The van der Waals surface area contributed by atoms with E-state index in [1.807, 2.05) is 0 Å². The fourth-order valence-corrected chi connectivity index (χ4v) is 3.63. The first-order chi connectivity index (χ1) is 10.8.